The quantitative estimate of drug-likeness (QED) is 0.251. The van der Waals surface area contributed by atoms with Gasteiger partial charge in [-0.1, -0.05) is 54.6 Å². The molecule has 4 aromatic carbocycles. The highest BCUT2D eigenvalue weighted by Gasteiger charge is 2.26. The summed E-state index contributed by atoms with van der Waals surface area (Å²) in [6.45, 7) is 4.38. The minimum atomic E-state index is 0.889. The van der Waals surface area contributed by atoms with E-state index in [1.807, 2.05) is 0 Å². The Hall–Kier alpha value is -3.65. The summed E-state index contributed by atoms with van der Waals surface area (Å²) in [5, 5.41) is 2.36. The van der Waals surface area contributed by atoms with Crippen LogP contribution in [0.5, 0.6) is 5.75 Å². The lowest BCUT2D eigenvalue weighted by atomic mass is 9.89. The van der Waals surface area contributed by atoms with E-state index in [9.17, 15) is 0 Å². The van der Waals surface area contributed by atoms with Crippen molar-refractivity contribution in [2.45, 2.75) is 13.8 Å². The van der Waals surface area contributed by atoms with Crippen LogP contribution in [0.1, 0.15) is 11.1 Å². The van der Waals surface area contributed by atoms with Gasteiger partial charge in [-0.05, 0) is 42.7 Å². The topological polar surface area (TPSA) is 13.1 Å². The Morgan fingerprint density at radius 2 is 1.23 bits per heavy atom. The number of fused-ring (bicyclic) bond motifs is 2. The third-order valence-electron chi connectivity index (χ3n) is 5.87. The number of hydrogen-bond acceptors (Lipinski definition) is 1. The van der Waals surface area contributed by atoms with Crippen LogP contribution in [0.4, 0.5) is 0 Å². The second-order valence-electron chi connectivity index (χ2n) is 7.68. The van der Waals surface area contributed by atoms with Gasteiger partial charge in [-0.2, -0.15) is 4.57 Å². The Morgan fingerprint density at radius 3 is 1.97 bits per heavy atom. The van der Waals surface area contributed by atoms with Gasteiger partial charge < -0.3 is 4.74 Å². The molecule has 1 heterocycles. The van der Waals surface area contributed by atoms with Crippen molar-refractivity contribution in [2.24, 2.45) is 0 Å². The van der Waals surface area contributed by atoms with Crippen LogP contribution < -0.4 is 9.30 Å². The number of para-hydroxylation sites is 2. The highest BCUT2D eigenvalue weighted by molar-refractivity contribution is 6.10. The number of nitrogens with zero attached hydrogens (tertiary/aromatic N) is 1. The first-order valence-corrected chi connectivity index (χ1v) is 10.3. The third kappa shape index (κ3) is 2.76. The molecule has 0 atom stereocenters. The summed E-state index contributed by atoms with van der Waals surface area (Å²) in [4.78, 5) is 0. The SMILES string of the molecule is COc1cccc2c1c(-c1c(C)cccc1C)c1ccccc1[n+]2-c1ccccc1. The van der Waals surface area contributed by atoms with Gasteiger partial charge >= 0.3 is 0 Å². The van der Waals surface area contributed by atoms with Crippen molar-refractivity contribution >= 4 is 21.8 Å². The molecule has 0 aliphatic rings. The molecular formula is C28H24NO+. The van der Waals surface area contributed by atoms with E-state index in [4.69, 9.17) is 4.74 Å². The summed E-state index contributed by atoms with van der Waals surface area (Å²) in [7, 11) is 1.76. The van der Waals surface area contributed by atoms with Crippen LogP contribution >= 0.6 is 0 Å². The molecule has 0 N–H and O–H groups in total. The van der Waals surface area contributed by atoms with E-state index < -0.39 is 0 Å². The second-order valence-corrected chi connectivity index (χ2v) is 7.68. The van der Waals surface area contributed by atoms with Crippen molar-refractivity contribution in [1.29, 1.82) is 0 Å². The Morgan fingerprint density at radius 1 is 0.600 bits per heavy atom. The number of aromatic nitrogens is 1. The van der Waals surface area contributed by atoms with Crippen LogP contribution in [0.3, 0.4) is 0 Å². The molecule has 0 spiro atoms. The van der Waals surface area contributed by atoms with E-state index in [1.165, 1.54) is 33.2 Å². The van der Waals surface area contributed by atoms with Gasteiger partial charge in [-0.25, -0.2) is 0 Å². The minimum Gasteiger partial charge on any atom is -0.496 e. The average molecular weight is 391 g/mol. The molecule has 0 bridgehead atoms. The fourth-order valence-electron chi connectivity index (χ4n) is 4.60. The molecule has 146 valence electrons. The zero-order valence-electron chi connectivity index (χ0n) is 17.5. The smallest absolute Gasteiger partial charge is 0.223 e. The van der Waals surface area contributed by atoms with E-state index in [-0.39, 0.29) is 0 Å². The number of pyridine rings is 1. The molecule has 30 heavy (non-hydrogen) atoms. The Balaban J connectivity index is 2.09. The molecular weight excluding hydrogens is 366 g/mol. The summed E-state index contributed by atoms with van der Waals surface area (Å²) >= 11 is 0. The number of rotatable bonds is 3. The summed E-state index contributed by atoms with van der Waals surface area (Å²) in [6.07, 6.45) is 0. The standard InChI is InChI=1S/C28H24NO/c1-19-11-9-12-20(2)26(19)27-22-15-7-8-16-23(22)29(21-13-5-4-6-14-21)24-17-10-18-25(30-3)28(24)27/h4-18H,1-3H3/q+1. The lowest BCUT2D eigenvalue weighted by molar-refractivity contribution is -0.537. The highest BCUT2D eigenvalue weighted by atomic mass is 16.5. The summed E-state index contributed by atoms with van der Waals surface area (Å²) < 4.78 is 8.23. The maximum Gasteiger partial charge on any atom is 0.223 e. The van der Waals surface area contributed by atoms with Gasteiger partial charge in [0, 0.05) is 29.8 Å². The Labute approximate surface area is 177 Å². The van der Waals surface area contributed by atoms with Gasteiger partial charge in [0.25, 0.3) is 0 Å². The van der Waals surface area contributed by atoms with Crippen LogP contribution in [0.15, 0.2) is 91.0 Å². The monoisotopic (exact) mass is 390 g/mol. The molecule has 0 radical (unpaired) electrons. The summed E-state index contributed by atoms with van der Waals surface area (Å²) in [6, 6.07) is 32.0. The fourth-order valence-corrected chi connectivity index (χ4v) is 4.60. The van der Waals surface area contributed by atoms with E-state index in [0.717, 1.165) is 22.3 Å². The zero-order chi connectivity index (χ0) is 20.7. The van der Waals surface area contributed by atoms with Crippen LogP contribution in [0, 0.1) is 13.8 Å². The van der Waals surface area contributed by atoms with Crippen LogP contribution in [0.2, 0.25) is 0 Å². The lowest BCUT2D eigenvalue weighted by Crippen LogP contribution is -2.33. The molecule has 0 saturated carbocycles. The van der Waals surface area contributed by atoms with Crippen LogP contribution in [-0.4, -0.2) is 7.11 Å². The third-order valence-corrected chi connectivity index (χ3v) is 5.87. The van der Waals surface area contributed by atoms with E-state index in [0.29, 0.717) is 0 Å². The van der Waals surface area contributed by atoms with Crippen LogP contribution in [-0.2, 0) is 0 Å². The van der Waals surface area contributed by atoms with Gasteiger partial charge in [0.15, 0.2) is 0 Å². The number of hydrogen-bond donors (Lipinski definition) is 0. The predicted molar refractivity (Wildman–Crippen MR) is 124 cm³/mol. The van der Waals surface area contributed by atoms with E-state index in [2.05, 4.69) is 109 Å². The van der Waals surface area contributed by atoms with E-state index in [1.54, 1.807) is 7.11 Å². The first-order chi connectivity index (χ1) is 14.7. The maximum absolute atomic E-state index is 5.90. The maximum atomic E-state index is 5.90. The van der Waals surface area contributed by atoms with Gasteiger partial charge in [-0.15, -0.1) is 0 Å². The number of ether oxygens (including phenoxy) is 1. The van der Waals surface area contributed by atoms with E-state index >= 15 is 0 Å². The molecule has 2 nitrogen and oxygen atoms in total. The molecule has 0 saturated heterocycles. The molecule has 2 heteroatoms. The van der Waals surface area contributed by atoms with Crippen molar-refractivity contribution in [2.75, 3.05) is 7.11 Å². The normalized spacial score (nSPS) is 11.2. The predicted octanol–water partition coefficient (Wildman–Crippen LogP) is 6.56. The molecule has 0 fully saturated rings. The van der Waals surface area contributed by atoms with Gasteiger partial charge in [0.05, 0.1) is 17.9 Å². The van der Waals surface area contributed by atoms with Crippen molar-refractivity contribution in [1.82, 2.24) is 0 Å². The summed E-state index contributed by atoms with van der Waals surface area (Å²) in [5.41, 5.74) is 8.51. The van der Waals surface area contributed by atoms with Crippen molar-refractivity contribution in [3.63, 3.8) is 0 Å². The average Bonchev–Trinajstić information content (AvgIpc) is 2.78. The number of aryl methyl sites for hydroxylation is 2. The van der Waals surface area contributed by atoms with Crippen LogP contribution in [0.25, 0.3) is 38.6 Å². The fraction of sp³-hybridized carbons (Fsp3) is 0.107. The Bertz CT molecular complexity index is 1370. The molecule has 0 aliphatic carbocycles. The van der Waals surface area contributed by atoms with Gasteiger partial charge in [0.1, 0.15) is 5.75 Å². The Kier molecular flexibility index (Phi) is 4.48. The minimum absolute atomic E-state index is 0.889. The largest absolute Gasteiger partial charge is 0.496 e. The van der Waals surface area contributed by atoms with Crippen molar-refractivity contribution in [3.05, 3.63) is 102 Å². The first kappa shape index (κ1) is 18.4. The molecule has 0 amide bonds. The first-order valence-electron chi connectivity index (χ1n) is 10.3. The van der Waals surface area contributed by atoms with Gasteiger partial charge in [0.2, 0.25) is 16.7 Å². The number of benzene rings is 4. The molecule has 5 rings (SSSR count). The van der Waals surface area contributed by atoms with Gasteiger partial charge in [-0.3, -0.25) is 0 Å². The number of methoxy groups -OCH3 is 1. The van der Waals surface area contributed by atoms with Crippen molar-refractivity contribution in [3.8, 4) is 22.6 Å². The molecule has 0 unspecified atom stereocenters. The molecule has 1 aromatic heterocycles. The van der Waals surface area contributed by atoms with Crippen molar-refractivity contribution < 1.29 is 9.30 Å². The summed E-state index contributed by atoms with van der Waals surface area (Å²) in [5.74, 6) is 0.889. The molecule has 5 aromatic rings. The molecule has 0 aliphatic heterocycles. The lowest BCUT2D eigenvalue weighted by Gasteiger charge is -2.17. The second kappa shape index (κ2) is 7.31. The highest BCUT2D eigenvalue weighted by Crippen LogP contribution is 2.41. The zero-order valence-corrected chi connectivity index (χ0v) is 17.5.